The van der Waals surface area contributed by atoms with E-state index < -0.39 is 11.9 Å². The third-order valence-electron chi connectivity index (χ3n) is 6.26. The van der Waals surface area contributed by atoms with Crippen LogP contribution in [-0.2, 0) is 11.0 Å². The lowest BCUT2D eigenvalue weighted by atomic mass is 10.0. The molecule has 206 valence electrons. The Hall–Kier alpha value is -3.75. The Morgan fingerprint density at radius 1 is 1.03 bits per heavy atom. The lowest BCUT2D eigenvalue weighted by Crippen LogP contribution is -2.36. The van der Waals surface area contributed by atoms with Crippen molar-refractivity contribution in [2.75, 3.05) is 17.7 Å². The van der Waals surface area contributed by atoms with E-state index in [0.29, 0.717) is 23.9 Å². The fraction of sp³-hybridized carbons (Fsp3) is 0.379. The molecule has 5 N–H and O–H groups in total. The van der Waals surface area contributed by atoms with Gasteiger partial charge in [-0.25, -0.2) is 4.98 Å². The topological polar surface area (TPSA) is 105 Å². The molecule has 0 amide bonds. The van der Waals surface area contributed by atoms with Crippen LogP contribution in [0.2, 0.25) is 0 Å². The molecule has 2 aromatic carbocycles. The van der Waals surface area contributed by atoms with Gasteiger partial charge in [-0.15, -0.1) is 0 Å². The smallest absolute Gasteiger partial charge is 0.433 e. The third-order valence-corrected chi connectivity index (χ3v) is 6.26. The first kappa shape index (κ1) is 30.5. The summed E-state index contributed by atoms with van der Waals surface area (Å²) >= 11 is 0. The van der Waals surface area contributed by atoms with E-state index in [2.05, 4.69) is 4.98 Å². The number of alkyl halides is 3. The summed E-state index contributed by atoms with van der Waals surface area (Å²) in [6, 6.07) is 16.8. The van der Waals surface area contributed by atoms with Crippen molar-refractivity contribution in [3.05, 3.63) is 78.3 Å². The second-order valence-electron chi connectivity index (χ2n) is 9.07. The maximum absolute atomic E-state index is 12.4. The molecule has 0 saturated heterocycles. The standard InChI is InChI=1S/C13H18N2O2.C10H7F3N2.C6H12/c1-15(11-6-3-2-4-7-11)13(8-5-9-16)12(14)10-17;11-10(12,13)9-5-7(14)6-3-1-2-4-8(6)15-9;1-2-4-6-5-3-1/h2-4,6-7,9-10,13,17H,5,8,14H2,1H3;1-5H,(H2,14,15);1-6H2. The van der Waals surface area contributed by atoms with Crippen LogP contribution in [0.25, 0.3) is 10.9 Å². The normalized spacial score (nSPS) is 14.4. The van der Waals surface area contributed by atoms with Crippen molar-refractivity contribution < 1.29 is 23.1 Å². The number of para-hydroxylation sites is 2. The second-order valence-corrected chi connectivity index (χ2v) is 9.07. The van der Waals surface area contributed by atoms with Crippen molar-refractivity contribution in [3.8, 4) is 0 Å². The van der Waals surface area contributed by atoms with Gasteiger partial charge in [0.1, 0.15) is 12.0 Å². The lowest BCUT2D eigenvalue weighted by molar-refractivity contribution is -0.140. The Balaban J connectivity index is 0.000000220. The highest BCUT2D eigenvalue weighted by atomic mass is 19.4. The number of nitrogen functional groups attached to an aromatic ring is 1. The van der Waals surface area contributed by atoms with Gasteiger partial charge >= 0.3 is 6.18 Å². The van der Waals surface area contributed by atoms with Gasteiger partial charge in [0, 0.05) is 30.2 Å². The van der Waals surface area contributed by atoms with E-state index in [0.717, 1.165) is 24.3 Å². The molecule has 3 aromatic rings. The van der Waals surface area contributed by atoms with E-state index in [1.165, 1.54) is 44.6 Å². The zero-order valence-corrected chi connectivity index (χ0v) is 21.7. The average molecular weight is 531 g/mol. The molecule has 0 bridgehead atoms. The first-order chi connectivity index (χ1) is 18.2. The van der Waals surface area contributed by atoms with Crippen LogP contribution < -0.4 is 16.4 Å². The molecule has 6 nitrogen and oxygen atoms in total. The summed E-state index contributed by atoms with van der Waals surface area (Å²) in [7, 11) is 1.89. The maximum Gasteiger partial charge on any atom is 0.433 e. The molecule has 1 unspecified atom stereocenters. The zero-order valence-electron chi connectivity index (χ0n) is 21.7. The molecular weight excluding hydrogens is 493 g/mol. The number of aliphatic hydroxyl groups is 1. The van der Waals surface area contributed by atoms with Crippen molar-refractivity contribution in [2.45, 2.75) is 63.6 Å². The average Bonchev–Trinajstić information content (AvgIpc) is 2.94. The molecule has 1 fully saturated rings. The minimum atomic E-state index is -4.46. The number of nitrogens with two attached hydrogens (primary N) is 2. The van der Waals surface area contributed by atoms with Gasteiger partial charge in [-0.1, -0.05) is 74.9 Å². The molecule has 4 rings (SSSR count). The number of likely N-dealkylation sites (N-methyl/N-ethyl adjacent to an activating group) is 1. The van der Waals surface area contributed by atoms with Crippen LogP contribution >= 0.6 is 0 Å². The predicted molar refractivity (Wildman–Crippen MR) is 148 cm³/mol. The highest BCUT2D eigenvalue weighted by Gasteiger charge is 2.33. The number of carbonyl (C=O) groups excluding carboxylic acids is 1. The molecule has 38 heavy (non-hydrogen) atoms. The molecule has 1 atom stereocenters. The quantitative estimate of drug-likeness (QED) is 0.234. The Kier molecular flexibility index (Phi) is 12.4. The van der Waals surface area contributed by atoms with Gasteiger partial charge in [0.15, 0.2) is 0 Å². The van der Waals surface area contributed by atoms with Crippen molar-refractivity contribution in [1.29, 1.82) is 0 Å². The summed E-state index contributed by atoms with van der Waals surface area (Å²) in [4.78, 5) is 15.9. The molecule has 1 saturated carbocycles. The van der Waals surface area contributed by atoms with E-state index in [4.69, 9.17) is 16.6 Å². The van der Waals surface area contributed by atoms with E-state index in [1.807, 2.05) is 42.3 Å². The van der Waals surface area contributed by atoms with Crippen LogP contribution in [0, 0.1) is 0 Å². The van der Waals surface area contributed by atoms with Crippen molar-refractivity contribution >= 4 is 28.6 Å². The summed E-state index contributed by atoms with van der Waals surface area (Å²) in [5.74, 6) is 0. The van der Waals surface area contributed by atoms with Gasteiger partial charge in [-0.3, -0.25) is 0 Å². The van der Waals surface area contributed by atoms with Gasteiger partial charge in [0.05, 0.1) is 23.5 Å². The molecule has 1 heterocycles. The largest absolute Gasteiger partial charge is 0.514 e. The predicted octanol–water partition coefficient (Wildman–Crippen LogP) is 7.01. The van der Waals surface area contributed by atoms with Crippen LogP contribution in [0.5, 0.6) is 0 Å². The number of rotatable bonds is 6. The fourth-order valence-corrected chi connectivity index (χ4v) is 4.15. The van der Waals surface area contributed by atoms with Crippen LogP contribution in [0.15, 0.2) is 72.6 Å². The lowest BCUT2D eigenvalue weighted by Gasteiger charge is -2.29. The molecule has 0 spiro atoms. The SMILES string of the molecule is C1CCCCC1.CN(c1ccccc1)C(CCC=O)C(N)=CO.Nc1cc(C(F)(F)F)nc2ccccc12. The number of nitrogens with zero attached hydrogens (tertiary/aromatic N) is 2. The van der Waals surface area contributed by atoms with Gasteiger partial charge in [-0.2, -0.15) is 13.2 Å². The molecule has 1 aliphatic carbocycles. The van der Waals surface area contributed by atoms with Crippen molar-refractivity contribution in [1.82, 2.24) is 4.98 Å². The minimum Gasteiger partial charge on any atom is -0.514 e. The van der Waals surface area contributed by atoms with Gasteiger partial charge in [-0.05, 0) is 30.7 Å². The number of benzene rings is 2. The summed E-state index contributed by atoms with van der Waals surface area (Å²) < 4.78 is 37.1. The zero-order chi connectivity index (χ0) is 28.0. The van der Waals surface area contributed by atoms with Gasteiger partial charge in [0.2, 0.25) is 0 Å². The second kappa shape index (κ2) is 15.5. The maximum atomic E-state index is 12.4. The number of fused-ring (bicyclic) bond motifs is 1. The first-order valence-electron chi connectivity index (χ1n) is 12.7. The minimum absolute atomic E-state index is 0.0907. The van der Waals surface area contributed by atoms with E-state index >= 15 is 0 Å². The highest BCUT2D eigenvalue weighted by Crippen LogP contribution is 2.31. The number of pyridine rings is 1. The number of anilines is 2. The van der Waals surface area contributed by atoms with Crippen molar-refractivity contribution in [2.24, 2.45) is 5.73 Å². The summed E-state index contributed by atoms with van der Waals surface area (Å²) in [6.07, 6.45) is 7.29. The molecule has 9 heteroatoms. The highest BCUT2D eigenvalue weighted by molar-refractivity contribution is 5.90. The van der Waals surface area contributed by atoms with Gasteiger partial charge < -0.3 is 26.3 Å². The molecule has 1 aromatic heterocycles. The Labute approximate surface area is 222 Å². The van der Waals surface area contributed by atoms with Crippen LogP contribution in [0.3, 0.4) is 0 Å². The number of hydrogen-bond acceptors (Lipinski definition) is 6. The van der Waals surface area contributed by atoms with Crippen molar-refractivity contribution in [3.63, 3.8) is 0 Å². The number of carbonyl (C=O) groups is 1. The van der Waals surface area contributed by atoms with E-state index in [1.54, 1.807) is 18.2 Å². The van der Waals surface area contributed by atoms with E-state index in [9.17, 15) is 18.0 Å². The molecule has 0 radical (unpaired) electrons. The Bertz CT molecular complexity index is 1140. The number of aldehydes is 1. The third kappa shape index (κ3) is 9.61. The Morgan fingerprint density at radius 3 is 2.11 bits per heavy atom. The summed E-state index contributed by atoms with van der Waals surface area (Å²) in [5, 5.41) is 9.53. The molecule has 0 aliphatic heterocycles. The molecular formula is C29H37F3N4O2. The van der Waals surface area contributed by atoms with Crippen LogP contribution in [-0.4, -0.2) is 29.5 Å². The molecule has 1 aliphatic rings. The number of hydrogen-bond donors (Lipinski definition) is 3. The number of aromatic nitrogens is 1. The van der Waals surface area contributed by atoms with Crippen LogP contribution in [0.1, 0.15) is 57.1 Å². The fourth-order valence-electron chi connectivity index (χ4n) is 4.15. The number of aliphatic hydroxyl groups excluding tert-OH is 1. The number of halogens is 3. The first-order valence-corrected chi connectivity index (χ1v) is 12.7. The monoisotopic (exact) mass is 530 g/mol. The van der Waals surface area contributed by atoms with E-state index in [-0.39, 0.29) is 17.2 Å². The van der Waals surface area contributed by atoms with Gasteiger partial charge in [0.25, 0.3) is 0 Å². The Morgan fingerprint density at radius 2 is 1.58 bits per heavy atom. The van der Waals surface area contributed by atoms with Crippen LogP contribution in [0.4, 0.5) is 24.5 Å². The summed E-state index contributed by atoms with van der Waals surface area (Å²) in [6.45, 7) is 0. The summed E-state index contributed by atoms with van der Waals surface area (Å²) in [5.41, 5.74) is 12.0.